The molecule has 1 aliphatic heterocycles. The summed E-state index contributed by atoms with van der Waals surface area (Å²) in [4.78, 5) is 15.1. The number of hydrogen-bond donors (Lipinski definition) is 2. The molecule has 1 saturated heterocycles. The Hall–Kier alpha value is -0.650. The van der Waals surface area contributed by atoms with Gasteiger partial charge < -0.3 is 15.8 Å². The molecule has 0 spiro atoms. The van der Waals surface area contributed by atoms with E-state index < -0.39 is 0 Å². The smallest absolute Gasteiger partial charge is 0.225 e. The molecule has 0 radical (unpaired) electrons. The number of carbonyl (C=O) groups is 1. The van der Waals surface area contributed by atoms with E-state index in [1.54, 1.807) is 0 Å². The molecule has 23 heavy (non-hydrogen) atoms. The third-order valence-corrected chi connectivity index (χ3v) is 5.54. The highest BCUT2D eigenvalue weighted by atomic mass is 16.5. The van der Waals surface area contributed by atoms with Crippen molar-refractivity contribution in [2.24, 2.45) is 11.7 Å². The summed E-state index contributed by atoms with van der Waals surface area (Å²) in [5.74, 6) is 0.0618. The van der Waals surface area contributed by atoms with Crippen molar-refractivity contribution in [3.8, 4) is 0 Å². The standard InChI is InChI=1S/C18H35N3O2/c1-13-10-21(11-14(2)23-13)17(3,4)12-20-16(22)15-8-6-7-9-18(15,5)19/h13-15H,6-12,19H2,1-5H3,(H,20,22). The lowest BCUT2D eigenvalue weighted by molar-refractivity contribution is -0.129. The molecule has 0 aromatic rings. The van der Waals surface area contributed by atoms with Crippen LogP contribution >= 0.6 is 0 Å². The van der Waals surface area contributed by atoms with Crippen LogP contribution in [-0.4, -0.2) is 53.7 Å². The van der Waals surface area contributed by atoms with E-state index in [9.17, 15) is 4.79 Å². The van der Waals surface area contributed by atoms with E-state index in [2.05, 4.69) is 37.9 Å². The van der Waals surface area contributed by atoms with Crippen LogP contribution in [0, 0.1) is 5.92 Å². The topological polar surface area (TPSA) is 67.6 Å². The van der Waals surface area contributed by atoms with E-state index in [1.165, 1.54) is 0 Å². The SMILES string of the molecule is CC1CN(C(C)(C)CNC(=O)C2CCCCC2(C)N)CC(C)O1. The van der Waals surface area contributed by atoms with Crippen LogP contribution in [0.3, 0.4) is 0 Å². The lowest BCUT2D eigenvalue weighted by Crippen LogP contribution is -2.60. The number of hydrogen-bond acceptors (Lipinski definition) is 4. The first-order valence-corrected chi connectivity index (χ1v) is 9.09. The van der Waals surface area contributed by atoms with Gasteiger partial charge in [-0.3, -0.25) is 9.69 Å². The van der Waals surface area contributed by atoms with Gasteiger partial charge in [0.15, 0.2) is 0 Å². The van der Waals surface area contributed by atoms with E-state index in [0.29, 0.717) is 6.54 Å². The Morgan fingerprint density at radius 3 is 2.48 bits per heavy atom. The van der Waals surface area contributed by atoms with Gasteiger partial charge in [-0.15, -0.1) is 0 Å². The molecule has 4 unspecified atom stereocenters. The number of nitrogens with one attached hydrogen (secondary N) is 1. The lowest BCUT2D eigenvalue weighted by atomic mass is 9.74. The van der Waals surface area contributed by atoms with Gasteiger partial charge in [-0.25, -0.2) is 0 Å². The monoisotopic (exact) mass is 325 g/mol. The molecule has 2 fully saturated rings. The van der Waals surface area contributed by atoms with Gasteiger partial charge in [-0.2, -0.15) is 0 Å². The van der Waals surface area contributed by atoms with Gasteiger partial charge in [0.25, 0.3) is 0 Å². The Kier molecular flexibility index (Phi) is 5.75. The summed E-state index contributed by atoms with van der Waals surface area (Å²) < 4.78 is 5.81. The van der Waals surface area contributed by atoms with Crippen LogP contribution < -0.4 is 11.1 Å². The number of rotatable bonds is 4. The van der Waals surface area contributed by atoms with Crippen LogP contribution in [0.25, 0.3) is 0 Å². The molecule has 2 aliphatic rings. The minimum absolute atomic E-state index is 0.0606. The van der Waals surface area contributed by atoms with Crippen LogP contribution in [-0.2, 0) is 9.53 Å². The van der Waals surface area contributed by atoms with Crippen molar-refractivity contribution >= 4 is 5.91 Å². The van der Waals surface area contributed by atoms with Gasteiger partial charge in [-0.05, 0) is 47.5 Å². The Bertz CT molecular complexity index is 412. The molecule has 0 aromatic heterocycles. The minimum Gasteiger partial charge on any atom is -0.373 e. The highest BCUT2D eigenvalue weighted by Crippen LogP contribution is 2.31. The van der Waals surface area contributed by atoms with Crippen molar-refractivity contribution < 1.29 is 9.53 Å². The quantitative estimate of drug-likeness (QED) is 0.828. The number of nitrogens with zero attached hydrogens (tertiary/aromatic N) is 1. The minimum atomic E-state index is -0.367. The summed E-state index contributed by atoms with van der Waals surface area (Å²) in [7, 11) is 0. The number of carbonyl (C=O) groups excluding carboxylic acids is 1. The van der Waals surface area contributed by atoms with Crippen molar-refractivity contribution in [2.75, 3.05) is 19.6 Å². The van der Waals surface area contributed by atoms with Crippen molar-refractivity contribution in [2.45, 2.75) is 83.6 Å². The zero-order valence-electron chi connectivity index (χ0n) is 15.5. The summed E-state index contributed by atoms with van der Waals surface area (Å²) in [6.45, 7) is 13.1. The number of amides is 1. The predicted molar refractivity (Wildman–Crippen MR) is 93.2 cm³/mol. The molecular formula is C18H35N3O2. The van der Waals surface area contributed by atoms with Crippen LogP contribution in [0.15, 0.2) is 0 Å². The fourth-order valence-electron chi connectivity index (χ4n) is 4.00. The second-order valence-electron chi connectivity index (χ2n) is 8.50. The first-order chi connectivity index (χ1) is 10.6. The normalized spacial score (nSPS) is 36.7. The molecule has 5 nitrogen and oxygen atoms in total. The lowest BCUT2D eigenvalue weighted by Gasteiger charge is -2.45. The molecule has 1 heterocycles. The zero-order valence-corrected chi connectivity index (χ0v) is 15.5. The van der Waals surface area contributed by atoms with Crippen LogP contribution in [0.2, 0.25) is 0 Å². The van der Waals surface area contributed by atoms with E-state index in [1.807, 2.05) is 6.92 Å². The van der Waals surface area contributed by atoms with Gasteiger partial charge in [-0.1, -0.05) is 12.8 Å². The van der Waals surface area contributed by atoms with Crippen molar-refractivity contribution in [1.82, 2.24) is 10.2 Å². The summed E-state index contributed by atoms with van der Waals surface area (Å²) >= 11 is 0. The Balaban J connectivity index is 1.91. The molecule has 1 aliphatic carbocycles. The highest BCUT2D eigenvalue weighted by Gasteiger charge is 2.39. The first-order valence-electron chi connectivity index (χ1n) is 9.09. The van der Waals surface area contributed by atoms with Gasteiger partial charge >= 0.3 is 0 Å². The van der Waals surface area contributed by atoms with Gasteiger partial charge in [0.2, 0.25) is 5.91 Å². The first kappa shape index (κ1) is 18.7. The number of nitrogens with two attached hydrogens (primary N) is 1. The zero-order chi connectivity index (χ0) is 17.3. The third kappa shape index (κ3) is 4.68. The maximum atomic E-state index is 12.6. The third-order valence-electron chi connectivity index (χ3n) is 5.54. The molecule has 2 rings (SSSR count). The maximum Gasteiger partial charge on any atom is 0.225 e. The van der Waals surface area contributed by atoms with Gasteiger partial charge in [0.1, 0.15) is 0 Å². The van der Waals surface area contributed by atoms with Crippen molar-refractivity contribution in [3.05, 3.63) is 0 Å². The molecule has 0 bridgehead atoms. The van der Waals surface area contributed by atoms with Crippen molar-refractivity contribution in [3.63, 3.8) is 0 Å². The molecule has 134 valence electrons. The Labute approximate surface area is 141 Å². The van der Waals surface area contributed by atoms with Gasteiger partial charge in [0, 0.05) is 30.7 Å². The van der Waals surface area contributed by atoms with E-state index in [-0.39, 0.29) is 35.1 Å². The maximum absolute atomic E-state index is 12.6. The number of ether oxygens (including phenoxy) is 1. The van der Waals surface area contributed by atoms with E-state index in [4.69, 9.17) is 10.5 Å². The van der Waals surface area contributed by atoms with E-state index >= 15 is 0 Å². The predicted octanol–water partition coefficient (Wildman–Crippen LogP) is 1.90. The molecule has 3 N–H and O–H groups in total. The molecule has 1 amide bonds. The van der Waals surface area contributed by atoms with Crippen LogP contribution in [0.5, 0.6) is 0 Å². The highest BCUT2D eigenvalue weighted by molar-refractivity contribution is 5.80. The molecule has 0 aromatic carbocycles. The second-order valence-corrected chi connectivity index (χ2v) is 8.50. The summed E-state index contributed by atoms with van der Waals surface area (Å²) in [5.41, 5.74) is 5.91. The largest absolute Gasteiger partial charge is 0.373 e. The van der Waals surface area contributed by atoms with Crippen molar-refractivity contribution in [1.29, 1.82) is 0 Å². The summed E-state index contributed by atoms with van der Waals surface area (Å²) in [6.07, 6.45) is 4.55. The molecule has 1 saturated carbocycles. The molecule has 5 heteroatoms. The van der Waals surface area contributed by atoms with Crippen LogP contribution in [0.4, 0.5) is 0 Å². The van der Waals surface area contributed by atoms with Gasteiger partial charge in [0.05, 0.1) is 18.1 Å². The van der Waals surface area contributed by atoms with E-state index in [0.717, 1.165) is 38.8 Å². The molecular weight excluding hydrogens is 290 g/mol. The fraction of sp³-hybridized carbons (Fsp3) is 0.944. The Morgan fingerprint density at radius 2 is 1.91 bits per heavy atom. The van der Waals surface area contributed by atoms with Crippen LogP contribution in [0.1, 0.15) is 60.3 Å². The summed E-state index contributed by atoms with van der Waals surface area (Å²) in [5, 5.41) is 3.17. The second kappa shape index (κ2) is 7.08. The summed E-state index contributed by atoms with van der Waals surface area (Å²) in [6, 6.07) is 0. The average molecular weight is 325 g/mol. The Morgan fingerprint density at radius 1 is 1.30 bits per heavy atom. The molecule has 4 atom stereocenters. The fourth-order valence-corrected chi connectivity index (χ4v) is 4.00. The average Bonchev–Trinajstić information content (AvgIpc) is 2.43. The number of morpholine rings is 1.